The second kappa shape index (κ2) is 7.67. The number of aromatic nitrogens is 3. The fourth-order valence-corrected chi connectivity index (χ4v) is 3.84. The van der Waals surface area contributed by atoms with Crippen LogP contribution in [0.3, 0.4) is 0 Å². The fourth-order valence-electron chi connectivity index (χ4n) is 3.84. The maximum atomic E-state index is 14.7. The van der Waals surface area contributed by atoms with Gasteiger partial charge in [0.1, 0.15) is 12.0 Å². The van der Waals surface area contributed by atoms with Gasteiger partial charge >= 0.3 is 0 Å². The highest BCUT2D eigenvalue weighted by Crippen LogP contribution is 2.26. The van der Waals surface area contributed by atoms with Crippen LogP contribution in [0.1, 0.15) is 16.8 Å². The first-order valence-electron chi connectivity index (χ1n) is 9.54. The lowest BCUT2D eigenvalue weighted by atomic mass is 10.1. The van der Waals surface area contributed by atoms with Crippen LogP contribution in [0, 0.1) is 13.8 Å². The number of rotatable bonds is 5. The molecule has 3 heterocycles. The van der Waals surface area contributed by atoms with Gasteiger partial charge in [0.05, 0.1) is 11.4 Å². The van der Waals surface area contributed by atoms with Gasteiger partial charge in [-0.05, 0) is 31.0 Å². The van der Waals surface area contributed by atoms with Crippen LogP contribution in [0.2, 0.25) is 0 Å². The van der Waals surface area contributed by atoms with Crippen LogP contribution in [0.15, 0.2) is 36.4 Å². The average molecular weight is 380 g/mol. The normalized spacial score (nSPS) is 19.9. The van der Waals surface area contributed by atoms with Crippen molar-refractivity contribution in [1.29, 1.82) is 0 Å². The van der Waals surface area contributed by atoms with Gasteiger partial charge in [-0.2, -0.15) is 9.97 Å². The molecule has 1 aromatic carbocycles. The number of halogens is 1. The summed E-state index contributed by atoms with van der Waals surface area (Å²) < 4.78 is 14.7. The Hall–Kier alpha value is -2.80. The Bertz CT molecular complexity index is 978. The molecule has 0 aliphatic carbocycles. The molecule has 0 radical (unpaired) electrons. The lowest BCUT2D eigenvalue weighted by Gasteiger charge is -2.17. The minimum absolute atomic E-state index is 0.350. The van der Waals surface area contributed by atoms with Gasteiger partial charge in [0.2, 0.25) is 5.95 Å². The molecule has 2 unspecified atom stereocenters. The van der Waals surface area contributed by atoms with E-state index in [0.717, 1.165) is 23.2 Å². The van der Waals surface area contributed by atoms with Gasteiger partial charge in [0.25, 0.3) is 0 Å². The standard InChI is InChI=1S/C21H25FN6/c1-13-9-14(2)24-20-18(13)19(23-3)26-21(27-20)25-17-12-28(11-16(17)22)10-15-7-5-4-6-8-15/h4-9,16-17H,10-12H2,1-3H3,(H2,23,24,25,26,27). The van der Waals surface area contributed by atoms with Crippen LogP contribution in [-0.2, 0) is 6.54 Å². The van der Waals surface area contributed by atoms with E-state index in [1.807, 2.05) is 45.2 Å². The Morgan fingerprint density at radius 3 is 2.64 bits per heavy atom. The number of nitrogens with one attached hydrogen (secondary N) is 2. The Morgan fingerprint density at radius 2 is 1.89 bits per heavy atom. The van der Waals surface area contributed by atoms with Gasteiger partial charge in [-0.25, -0.2) is 9.37 Å². The summed E-state index contributed by atoms with van der Waals surface area (Å²) in [7, 11) is 1.82. The second-order valence-corrected chi connectivity index (χ2v) is 7.37. The molecule has 2 aromatic heterocycles. The van der Waals surface area contributed by atoms with Crippen molar-refractivity contribution >= 4 is 22.8 Å². The molecule has 1 saturated heterocycles. The highest BCUT2D eigenvalue weighted by molar-refractivity contribution is 5.90. The summed E-state index contributed by atoms with van der Waals surface area (Å²) in [6, 6.07) is 11.8. The van der Waals surface area contributed by atoms with Crippen molar-refractivity contribution in [3.8, 4) is 0 Å². The van der Waals surface area contributed by atoms with Crippen molar-refractivity contribution in [2.45, 2.75) is 32.6 Å². The SMILES string of the molecule is CNc1nc(NC2CN(Cc3ccccc3)CC2F)nc2nc(C)cc(C)c12. The smallest absolute Gasteiger partial charge is 0.227 e. The zero-order valence-corrected chi connectivity index (χ0v) is 16.4. The van der Waals surface area contributed by atoms with Crippen molar-refractivity contribution in [3.05, 3.63) is 53.2 Å². The van der Waals surface area contributed by atoms with Crippen LogP contribution in [0.5, 0.6) is 0 Å². The molecule has 4 rings (SSSR count). The maximum Gasteiger partial charge on any atom is 0.227 e. The summed E-state index contributed by atoms with van der Waals surface area (Å²) in [5.74, 6) is 1.11. The number of fused-ring (bicyclic) bond motifs is 1. The summed E-state index contributed by atoms with van der Waals surface area (Å²) >= 11 is 0. The molecular weight excluding hydrogens is 355 g/mol. The number of hydrogen-bond donors (Lipinski definition) is 2. The summed E-state index contributed by atoms with van der Waals surface area (Å²) in [4.78, 5) is 15.8. The number of pyridine rings is 1. The van der Waals surface area contributed by atoms with Crippen LogP contribution in [-0.4, -0.2) is 52.2 Å². The topological polar surface area (TPSA) is 66.0 Å². The van der Waals surface area contributed by atoms with E-state index >= 15 is 0 Å². The summed E-state index contributed by atoms with van der Waals surface area (Å²) in [6.07, 6.45) is -0.978. The lowest BCUT2D eigenvalue weighted by Crippen LogP contribution is -2.30. The van der Waals surface area contributed by atoms with Crippen LogP contribution in [0.4, 0.5) is 16.2 Å². The molecule has 1 fully saturated rings. The van der Waals surface area contributed by atoms with E-state index in [2.05, 4.69) is 42.6 Å². The third kappa shape index (κ3) is 3.75. The predicted octanol–water partition coefficient (Wildman–Crippen LogP) is 3.32. The zero-order valence-electron chi connectivity index (χ0n) is 16.4. The molecule has 1 aliphatic heterocycles. The Balaban J connectivity index is 1.54. The molecule has 6 nitrogen and oxygen atoms in total. The predicted molar refractivity (Wildman–Crippen MR) is 110 cm³/mol. The van der Waals surface area contributed by atoms with E-state index in [4.69, 9.17) is 0 Å². The average Bonchev–Trinajstić information content (AvgIpc) is 3.00. The molecular formula is C21H25FN6. The Labute approximate surface area is 164 Å². The van der Waals surface area contributed by atoms with Crippen LogP contribution >= 0.6 is 0 Å². The first kappa shape index (κ1) is 18.6. The molecule has 0 amide bonds. The molecule has 28 heavy (non-hydrogen) atoms. The summed E-state index contributed by atoms with van der Waals surface area (Å²) in [5.41, 5.74) is 3.77. The molecule has 2 N–H and O–H groups in total. The van der Waals surface area contributed by atoms with E-state index < -0.39 is 6.17 Å². The number of anilines is 2. The minimum atomic E-state index is -0.978. The van der Waals surface area contributed by atoms with Gasteiger partial charge in [-0.3, -0.25) is 4.90 Å². The first-order chi connectivity index (χ1) is 13.5. The third-order valence-corrected chi connectivity index (χ3v) is 5.12. The van der Waals surface area contributed by atoms with Crippen molar-refractivity contribution < 1.29 is 4.39 Å². The third-order valence-electron chi connectivity index (χ3n) is 5.12. The Morgan fingerprint density at radius 1 is 1.11 bits per heavy atom. The molecule has 3 aromatic rings. The molecule has 0 bridgehead atoms. The molecule has 7 heteroatoms. The van der Waals surface area contributed by atoms with Crippen molar-refractivity contribution in [2.75, 3.05) is 30.8 Å². The monoisotopic (exact) mass is 380 g/mol. The van der Waals surface area contributed by atoms with Gasteiger partial charge in [0, 0.05) is 32.4 Å². The van der Waals surface area contributed by atoms with E-state index in [9.17, 15) is 4.39 Å². The van der Waals surface area contributed by atoms with Gasteiger partial charge in [0.15, 0.2) is 5.65 Å². The van der Waals surface area contributed by atoms with Crippen LogP contribution in [0.25, 0.3) is 11.0 Å². The zero-order chi connectivity index (χ0) is 19.7. The molecule has 0 saturated carbocycles. The minimum Gasteiger partial charge on any atom is -0.372 e. The maximum absolute atomic E-state index is 14.7. The molecule has 2 atom stereocenters. The van der Waals surface area contributed by atoms with Gasteiger partial charge in [-0.1, -0.05) is 30.3 Å². The van der Waals surface area contributed by atoms with E-state index in [-0.39, 0.29) is 6.04 Å². The van der Waals surface area contributed by atoms with Gasteiger partial charge < -0.3 is 10.6 Å². The van der Waals surface area contributed by atoms with Crippen LogP contribution < -0.4 is 10.6 Å². The highest BCUT2D eigenvalue weighted by Gasteiger charge is 2.33. The van der Waals surface area contributed by atoms with Crippen molar-refractivity contribution in [2.24, 2.45) is 0 Å². The highest BCUT2D eigenvalue weighted by atomic mass is 19.1. The molecule has 1 aliphatic rings. The fraction of sp³-hybridized carbons (Fsp3) is 0.381. The van der Waals surface area contributed by atoms with E-state index in [0.29, 0.717) is 30.5 Å². The first-order valence-corrected chi connectivity index (χ1v) is 9.54. The molecule has 146 valence electrons. The molecule has 0 spiro atoms. The van der Waals surface area contributed by atoms with E-state index in [1.54, 1.807) is 0 Å². The number of aryl methyl sites for hydroxylation is 2. The van der Waals surface area contributed by atoms with Crippen molar-refractivity contribution in [3.63, 3.8) is 0 Å². The van der Waals surface area contributed by atoms with Crippen molar-refractivity contribution in [1.82, 2.24) is 19.9 Å². The Kier molecular flexibility index (Phi) is 5.09. The number of alkyl halides is 1. The summed E-state index contributed by atoms with van der Waals surface area (Å²) in [6.45, 7) is 5.70. The quantitative estimate of drug-likeness (QED) is 0.708. The summed E-state index contributed by atoms with van der Waals surface area (Å²) in [5, 5.41) is 7.20. The number of benzene rings is 1. The second-order valence-electron chi connectivity index (χ2n) is 7.37. The van der Waals surface area contributed by atoms with E-state index in [1.165, 1.54) is 5.56 Å². The lowest BCUT2D eigenvalue weighted by molar-refractivity contribution is 0.281. The number of likely N-dealkylation sites (tertiary alicyclic amines) is 1. The number of nitrogens with zero attached hydrogens (tertiary/aromatic N) is 4. The number of hydrogen-bond acceptors (Lipinski definition) is 6. The largest absolute Gasteiger partial charge is 0.372 e. The van der Waals surface area contributed by atoms with Gasteiger partial charge in [-0.15, -0.1) is 0 Å².